The first-order chi connectivity index (χ1) is 17.5. The van der Waals surface area contributed by atoms with Gasteiger partial charge in [-0.3, -0.25) is 9.59 Å². The van der Waals surface area contributed by atoms with E-state index in [2.05, 4.69) is 15.5 Å². The Morgan fingerprint density at radius 2 is 2.03 bits per heavy atom. The molecule has 3 N–H and O–H groups in total. The van der Waals surface area contributed by atoms with Crippen LogP contribution >= 0.6 is 34.7 Å². The zero-order valence-electron chi connectivity index (χ0n) is 20.5. The van der Waals surface area contributed by atoms with Crippen molar-refractivity contribution in [3.8, 4) is 5.75 Å². The molecule has 0 aliphatic rings. The summed E-state index contributed by atoms with van der Waals surface area (Å²) in [5.74, 6) is -1.50. The number of rotatable bonds is 11. The van der Waals surface area contributed by atoms with Crippen molar-refractivity contribution in [2.75, 3.05) is 11.1 Å². The average Bonchev–Trinajstić information content (AvgIpc) is 3.37. The second-order valence-corrected chi connectivity index (χ2v) is 10.3. The van der Waals surface area contributed by atoms with E-state index in [-0.39, 0.29) is 38.9 Å². The molecule has 0 unspecified atom stereocenters. The highest BCUT2D eigenvalue weighted by atomic mass is 35.5. The minimum absolute atomic E-state index is 0.0475. The van der Waals surface area contributed by atoms with Crippen molar-refractivity contribution < 1.29 is 28.2 Å². The number of ether oxygens (including phenoxy) is 2. The number of anilines is 1. The van der Waals surface area contributed by atoms with Crippen LogP contribution in [0.5, 0.6) is 5.75 Å². The number of nitrogens with zero attached hydrogens (tertiary/aromatic N) is 3. The lowest BCUT2D eigenvalue weighted by atomic mass is 10.1. The number of halogens is 2. The monoisotopic (exact) mass is 569 g/mol. The van der Waals surface area contributed by atoms with Crippen LogP contribution in [-0.4, -0.2) is 44.4 Å². The van der Waals surface area contributed by atoms with Crippen molar-refractivity contribution in [2.45, 2.75) is 52.1 Å². The van der Waals surface area contributed by atoms with E-state index >= 15 is 0 Å². The number of benzene rings is 1. The van der Waals surface area contributed by atoms with E-state index in [0.29, 0.717) is 28.8 Å². The van der Waals surface area contributed by atoms with Gasteiger partial charge in [0, 0.05) is 12.6 Å². The number of hydrogen-bond donors (Lipinski definition) is 2. The van der Waals surface area contributed by atoms with Crippen LogP contribution in [0.3, 0.4) is 0 Å². The highest BCUT2D eigenvalue weighted by molar-refractivity contribution is 7.99. The number of hydrogen-bond acceptors (Lipinski definition) is 9. The summed E-state index contributed by atoms with van der Waals surface area (Å²) in [7, 11) is 0. The van der Waals surface area contributed by atoms with Gasteiger partial charge in [-0.1, -0.05) is 23.4 Å². The van der Waals surface area contributed by atoms with E-state index in [1.54, 1.807) is 25.3 Å². The Hall–Kier alpha value is -3.16. The topological polar surface area (TPSA) is 138 Å². The van der Waals surface area contributed by atoms with Crippen LogP contribution < -0.4 is 15.8 Å². The fourth-order valence-electron chi connectivity index (χ4n) is 3.21. The van der Waals surface area contributed by atoms with E-state index in [9.17, 15) is 18.8 Å². The molecule has 0 saturated carbocycles. The quantitative estimate of drug-likeness (QED) is 0.255. The predicted molar refractivity (Wildman–Crippen MR) is 139 cm³/mol. The van der Waals surface area contributed by atoms with E-state index in [1.165, 1.54) is 18.2 Å². The van der Waals surface area contributed by atoms with Gasteiger partial charge in [0.25, 0.3) is 5.91 Å². The number of amides is 2. The fourth-order valence-corrected chi connectivity index (χ4v) is 5.27. The van der Waals surface area contributed by atoms with E-state index in [1.807, 2.05) is 6.92 Å². The molecule has 37 heavy (non-hydrogen) atoms. The van der Waals surface area contributed by atoms with Gasteiger partial charge in [0.15, 0.2) is 11.0 Å². The molecule has 0 aliphatic carbocycles. The molecule has 0 aliphatic heterocycles. The van der Waals surface area contributed by atoms with Crippen LogP contribution in [0.2, 0.25) is 5.02 Å². The average molecular weight is 570 g/mol. The van der Waals surface area contributed by atoms with Gasteiger partial charge in [-0.2, -0.15) is 0 Å². The molecule has 0 radical (unpaired) electrons. The molecule has 2 amide bonds. The predicted octanol–water partition coefficient (Wildman–Crippen LogP) is 4.43. The lowest BCUT2D eigenvalue weighted by Crippen LogP contribution is -2.18. The highest BCUT2D eigenvalue weighted by Crippen LogP contribution is 2.34. The highest BCUT2D eigenvalue weighted by Gasteiger charge is 2.26. The Bertz CT molecular complexity index is 1330. The molecule has 1 aromatic carbocycles. The zero-order valence-corrected chi connectivity index (χ0v) is 22.9. The molecule has 0 spiro atoms. The van der Waals surface area contributed by atoms with Gasteiger partial charge in [0.05, 0.1) is 27.3 Å². The van der Waals surface area contributed by atoms with Gasteiger partial charge in [0.1, 0.15) is 23.2 Å². The van der Waals surface area contributed by atoms with Gasteiger partial charge < -0.3 is 25.1 Å². The second-order valence-electron chi connectivity index (χ2n) is 7.92. The molecule has 198 valence electrons. The van der Waals surface area contributed by atoms with Crippen LogP contribution in [0.4, 0.5) is 9.39 Å². The molecular formula is C23H25ClFN5O5S2. The third-order valence-corrected chi connectivity index (χ3v) is 7.35. The first-order valence-electron chi connectivity index (χ1n) is 11.1. The summed E-state index contributed by atoms with van der Waals surface area (Å²) in [5.41, 5.74) is 5.88. The Kier molecular flexibility index (Phi) is 9.51. The Labute approximate surface area is 225 Å². The molecule has 3 rings (SSSR count). The summed E-state index contributed by atoms with van der Waals surface area (Å²) in [6.07, 6.45) is -0.387. The number of thiophene rings is 1. The van der Waals surface area contributed by atoms with Crippen LogP contribution in [0.25, 0.3) is 0 Å². The van der Waals surface area contributed by atoms with Crippen molar-refractivity contribution in [3.05, 3.63) is 50.9 Å². The maximum absolute atomic E-state index is 13.3. The van der Waals surface area contributed by atoms with Crippen LogP contribution in [0.1, 0.15) is 52.2 Å². The molecule has 2 heterocycles. The van der Waals surface area contributed by atoms with Gasteiger partial charge in [-0.05, 0) is 45.4 Å². The van der Waals surface area contributed by atoms with Crippen LogP contribution in [0, 0.1) is 12.7 Å². The number of carbonyl (C=O) groups is 3. The molecular weight excluding hydrogens is 545 g/mol. The van der Waals surface area contributed by atoms with Crippen molar-refractivity contribution in [1.82, 2.24) is 14.8 Å². The maximum Gasteiger partial charge on any atom is 0.341 e. The molecule has 0 atom stereocenters. The Balaban J connectivity index is 1.68. The van der Waals surface area contributed by atoms with E-state index in [0.717, 1.165) is 23.1 Å². The number of esters is 1. The number of thioether (sulfide) groups is 1. The summed E-state index contributed by atoms with van der Waals surface area (Å²) in [5, 5.41) is 11.5. The Morgan fingerprint density at radius 3 is 2.65 bits per heavy atom. The molecule has 10 nitrogen and oxygen atoms in total. The molecule has 2 aromatic heterocycles. The number of aromatic nitrogens is 3. The van der Waals surface area contributed by atoms with Crippen molar-refractivity contribution >= 4 is 57.5 Å². The zero-order chi connectivity index (χ0) is 27.3. The third kappa shape index (κ3) is 6.99. The number of primary amides is 1. The molecule has 0 saturated heterocycles. The van der Waals surface area contributed by atoms with Crippen molar-refractivity contribution in [1.29, 1.82) is 0 Å². The molecule has 14 heteroatoms. The van der Waals surface area contributed by atoms with Crippen molar-refractivity contribution in [2.24, 2.45) is 5.73 Å². The number of nitrogens with one attached hydrogen (secondary N) is 1. The summed E-state index contributed by atoms with van der Waals surface area (Å²) >= 11 is 7.84. The fraction of sp³-hybridized carbons (Fsp3) is 0.348. The normalized spacial score (nSPS) is 11.0. The van der Waals surface area contributed by atoms with Gasteiger partial charge in [0.2, 0.25) is 5.91 Å². The van der Waals surface area contributed by atoms with Gasteiger partial charge >= 0.3 is 5.97 Å². The molecule has 3 aromatic rings. The lowest BCUT2D eigenvalue weighted by molar-refractivity contribution is -0.113. The molecule has 0 fully saturated rings. The van der Waals surface area contributed by atoms with Crippen molar-refractivity contribution in [3.63, 3.8) is 0 Å². The van der Waals surface area contributed by atoms with E-state index in [4.69, 9.17) is 26.8 Å². The lowest BCUT2D eigenvalue weighted by Gasteiger charge is -2.11. The first-order valence-corrected chi connectivity index (χ1v) is 13.3. The van der Waals surface area contributed by atoms with Gasteiger partial charge in [-0.25, -0.2) is 9.18 Å². The number of nitrogens with two attached hydrogens (primary N) is 1. The molecule has 0 bridgehead atoms. The maximum atomic E-state index is 13.3. The van der Waals surface area contributed by atoms with Gasteiger partial charge in [-0.15, -0.1) is 21.5 Å². The smallest absolute Gasteiger partial charge is 0.341 e. The third-order valence-electron chi connectivity index (χ3n) is 4.87. The first kappa shape index (κ1) is 28.4. The largest absolute Gasteiger partial charge is 0.486 e. The summed E-state index contributed by atoms with van der Waals surface area (Å²) in [6.45, 7) is 7.42. The van der Waals surface area contributed by atoms with E-state index < -0.39 is 23.6 Å². The minimum atomic E-state index is -0.704. The van der Waals surface area contributed by atoms with Crippen LogP contribution in [-0.2, 0) is 22.7 Å². The standard InChI is InChI=1S/C23H25ClFN5O5S2/c1-5-30-16(9-34-13-6-7-15(25)14(24)8-13)28-29-23(30)36-10-17(31)27-21-18(22(33)35-11(2)3)12(4)19(37-21)20(26)32/h6-8,11H,5,9-10H2,1-4H3,(H2,26,32)(H,27,31). The number of carbonyl (C=O) groups excluding carboxylic acids is 3. The Morgan fingerprint density at radius 1 is 1.30 bits per heavy atom. The second kappa shape index (κ2) is 12.4. The SMILES string of the molecule is CCn1c(COc2ccc(F)c(Cl)c2)nnc1SCC(=O)Nc1sc(C(N)=O)c(C)c1C(=O)OC(C)C. The summed E-state index contributed by atoms with van der Waals surface area (Å²) < 4.78 is 26.0. The minimum Gasteiger partial charge on any atom is -0.486 e. The summed E-state index contributed by atoms with van der Waals surface area (Å²) in [4.78, 5) is 37.3. The van der Waals surface area contributed by atoms with Crippen LogP contribution in [0.15, 0.2) is 23.4 Å². The summed E-state index contributed by atoms with van der Waals surface area (Å²) in [6, 6.07) is 4.03.